The molecule has 0 amide bonds. The van der Waals surface area contributed by atoms with Crippen LogP contribution in [0.1, 0.15) is 30.9 Å². The predicted octanol–water partition coefficient (Wildman–Crippen LogP) is 2.85. The molecule has 2 atom stereocenters. The molecule has 1 aliphatic rings. The number of hydrogen-bond donors (Lipinski definition) is 1. The minimum atomic E-state index is -0.868. The number of carboxylic acid groups (broad SMARTS) is 1. The molecule has 2 unspecified atom stereocenters. The first kappa shape index (κ1) is 11.3. The Balaban J connectivity index is 2.50. The summed E-state index contributed by atoms with van der Waals surface area (Å²) >= 11 is 5.98. The van der Waals surface area contributed by atoms with Crippen LogP contribution in [0.25, 0.3) is 0 Å². The van der Waals surface area contributed by atoms with Gasteiger partial charge in [-0.05, 0) is 31.5 Å². The lowest BCUT2D eigenvalue weighted by Gasteiger charge is -2.13. The summed E-state index contributed by atoms with van der Waals surface area (Å²) in [5.74, 6) is -0.767. The number of aliphatic carboxylic acids is 1. The first-order valence-corrected chi connectivity index (χ1v) is 5.58. The fourth-order valence-electron chi connectivity index (χ4n) is 1.98. The van der Waals surface area contributed by atoms with Gasteiger partial charge < -0.3 is 9.84 Å². The Morgan fingerprint density at radius 2 is 2.31 bits per heavy atom. The van der Waals surface area contributed by atoms with E-state index in [9.17, 15) is 4.79 Å². The Labute approximate surface area is 99.0 Å². The van der Waals surface area contributed by atoms with Crippen LogP contribution < -0.4 is 4.74 Å². The third-order valence-corrected chi connectivity index (χ3v) is 3.04. The molecule has 0 spiro atoms. The van der Waals surface area contributed by atoms with Crippen molar-refractivity contribution in [2.45, 2.75) is 32.3 Å². The third-order valence-electron chi connectivity index (χ3n) is 2.82. The Morgan fingerprint density at radius 3 is 2.94 bits per heavy atom. The Hall–Kier alpha value is -1.22. The quantitative estimate of drug-likeness (QED) is 0.865. The summed E-state index contributed by atoms with van der Waals surface area (Å²) in [6.45, 7) is 3.60. The summed E-state index contributed by atoms with van der Waals surface area (Å²) in [6.07, 6.45) is 0.878. The number of fused-ring (bicyclic) bond motifs is 1. The van der Waals surface area contributed by atoms with Crippen molar-refractivity contribution in [3.63, 3.8) is 0 Å². The van der Waals surface area contributed by atoms with E-state index in [-0.39, 0.29) is 6.10 Å². The predicted molar refractivity (Wildman–Crippen MR) is 61.3 cm³/mol. The van der Waals surface area contributed by atoms with Gasteiger partial charge in [0.15, 0.2) is 0 Å². The van der Waals surface area contributed by atoms with Crippen LogP contribution in [0.2, 0.25) is 5.02 Å². The molecule has 1 aliphatic heterocycles. The van der Waals surface area contributed by atoms with Crippen molar-refractivity contribution in [2.24, 2.45) is 0 Å². The summed E-state index contributed by atoms with van der Waals surface area (Å²) in [5.41, 5.74) is 1.67. The monoisotopic (exact) mass is 240 g/mol. The standard InChI is InChI=1S/C12H13ClO3/c1-6-3-8-4-9(13)5-10(11(8)16-6)7(2)12(14)15/h4-7H,3H2,1-2H3,(H,14,15). The largest absolute Gasteiger partial charge is 0.490 e. The van der Waals surface area contributed by atoms with Gasteiger partial charge in [-0.3, -0.25) is 4.79 Å². The molecule has 1 aromatic carbocycles. The fraction of sp³-hybridized carbons (Fsp3) is 0.417. The van der Waals surface area contributed by atoms with E-state index in [0.29, 0.717) is 16.3 Å². The minimum Gasteiger partial charge on any atom is -0.490 e. The third kappa shape index (κ3) is 1.87. The van der Waals surface area contributed by atoms with Crippen molar-refractivity contribution in [3.05, 3.63) is 28.3 Å². The zero-order chi connectivity index (χ0) is 11.9. The van der Waals surface area contributed by atoms with Gasteiger partial charge in [0.25, 0.3) is 0 Å². The maximum Gasteiger partial charge on any atom is 0.310 e. The van der Waals surface area contributed by atoms with Crippen LogP contribution in [0.15, 0.2) is 12.1 Å². The normalized spacial score (nSPS) is 20.1. The van der Waals surface area contributed by atoms with Crippen LogP contribution in [0.4, 0.5) is 0 Å². The van der Waals surface area contributed by atoms with Crippen molar-refractivity contribution in [2.75, 3.05) is 0 Å². The first-order chi connectivity index (χ1) is 7.49. The van der Waals surface area contributed by atoms with Gasteiger partial charge >= 0.3 is 5.97 Å². The van der Waals surface area contributed by atoms with Gasteiger partial charge in [-0.15, -0.1) is 0 Å². The molecule has 86 valence electrons. The summed E-state index contributed by atoms with van der Waals surface area (Å²) < 4.78 is 5.64. The zero-order valence-electron chi connectivity index (χ0n) is 9.16. The second-order valence-electron chi connectivity index (χ2n) is 4.18. The number of rotatable bonds is 2. The average molecular weight is 241 g/mol. The second kappa shape index (κ2) is 3.98. The van der Waals surface area contributed by atoms with Gasteiger partial charge in [0.05, 0.1) is 5.92 Å². The van der Waals surface area contributed by atoms with E-state index >= 15 is 0 Å². The van der Waals surface area contributed by atoms with Gasteiger partial charge in [0.2, 0.25) is 0 Å². The Bertz CT molecular complexity index is 442. The molecule has 0 bridgehead atoms. The lowest BCUT2D eigenvalue weighted by Crippen LogP contribution is -2.10. The molecule has 1 N–H and O–H groups in total. The van der Waals surface area contributed by atoms with E-state index in [2.05, 4.69) is 0 Å². The lowest BCUT2D eigenvalue weighted by atomic mass is 9.97. The van der Waals surface area contributed by atoms with E-state index in [1.54, 1.807) is 13.0 Å². The topological polar surface area (TPSA) is 46.5 Å². The molecular formula is C12H13ClO3. The highest BCUT2D eigenvalue weighted by Gasteiger charge is 2.27. The number of carbonyl (C=O) groups is 1. The molecule has 0 aliphatic carbocycles. The highest BCUT2D eigenvalue weighted by molar-refractivity contribution is 6.30. The molecule has 0 saturated carbocycles. The number of carboxylic acids is 1. The van der Waals surface area contributed by atoms with Crippen molar-refractivity contribution in [1.29, 1.82) is 0 Å². The van der Waals surface area contributed by atoms with E-state index in [1.165, 1.54) is 0 Å². The van der Waals surface area contributed by atoms with Gasteiger partial charge in [0, 0.05) is 17.0 Å². The maximum absolute atomic E-state index is 11.0. The van der Waals surface area contributed by atoms with Gasteiger partial charge in [-0.25, -0.2) is 0 Å². The molecule has 3 nitrogen and oxygen atoms in total. The summed E-state index contributed by atoms with van der Waals surface area (Å²) in [6, 6.07) is 3.52. The van der Waals surface area contributed by atoms with E-state index < -0.39 is 11.9 Å². The molecule has 0 radical (unpaired) electrons. The van der Waals surface area contributed by atoms with E-state index in [1.807, 2.05) is 13.0 Å². The van der Waals surface area contributed by atoms with Crippen LogP contribution >= 0.6 is 11.6 Å². The van der Waals surface area contributed by atoms with Crippen LogP contribution in [-0.2, 0) is 11.2 Å². The zero-order valence-corrected chi connectivity index (χ0v) is 9.91. The summed E-state index contributed by atoms with van der Waals surface area (Å²) in [7, 11) is 0. The number of hydrogen-bond acceptors (Lipinski definition) is 2. The van der Waals surface area contributed by atoms with E-state index in [4.69, 9.17) is 21.4 Å². The maximum atomic E-state index is 11.0. The molecule has 1 aromatic rings. The molecule has 2 rings (SSSR count). The highest BCUT2D eigenvalue weighted by Crippen LogP contribution is 2.38. The van der Waals surface area contributed by atoms with Crippen molar-refractivity contribution < 1.29 is 14.6 Å². The van der Waals surface area contributed by atoms with Crippen molar-refractivity contribution in [1.82, 2.24) is 0 Å². The van der Waals surface area contributed by atoms with Crippen LogP contribution in [0.3, 0.4) is 0 Å². The van der Waals surface area contributed by atoms with Gasteiger partial charge in [-0.2, -0.15) is 0 Å². The highest BCUT2D eigenvalue weighted by atomic mass is 35.5. The smallest absolute Gasteiger partial charge is 0.310 e. The lowest BCUT2D eigenvalue weighted by molar-refractivity contribution is -0.138. The van der Waals surface area contributed by atoms with E-state index in [0.717, 1.165) is 12.0 Å². The van der Waals surface area contributed by atoms with Gasteiger partial charge in [0.1, 0.15) is 11.9 Å². The Morgan fingerprint density at radius 1 is 1.62 bits per heavy atom. The number of halogens is 1. The SMILES string of the molecule is CC1Cc2cc(Cl)cc(C(C)C(=O)O)c2O1. The number of benzene rings is 1. The molecule has 1 heterocycles. The number of ether oxygens (including phenoxy) is 1. The average Bonchev–Trinajstić information content (AvgIpc) is 2.55. The molecular weight excluding hydrogens is 228 g/mol. The first-order valence-electron chi connectivity index (χ1n) is 5.21. The van der Waals surface area contributed by atoms with Crippen LogP contribution in [-0.4, -0.2) is 17.2 Å². The van der Waals surface area contributed by atoms with Crippen molar-refractivity contribution in [3.8, 4) is 5.75 Å². The van der Waals surface area contributed by atoms with Crippen LogP contribution in [0, 0.1) is 0 Å². The molecule has 0 fully saturated rings. The second-order valence-corrected chi connectivity index (χ2v) is 4.61. The Kier molecular flexibility index (Phi) is 2.80. The van der Waals surface area contributed by atoms with Gasteiger partial charge in [-0.1, -0.05) is 11.6 Å². The summed E-state index contributed by atoms with van der Waals surface area (Å²) in [4.78, 5) is 11.0. The fourth-order valence-corrected chi connectivity index (χ4v) is 2.22. The molecule has 16 heavy (non-hydrogen) atoms. The van der Waals surface area contributed by atoms with Crippen molar-refractivity contribution >= 4 is 17.6 Å². The minimum absolute atomic E-state index is 0.0909. The van der Waals surface area contributed by atoms with Crippen LogP contribution in [0.5, 0.6) is 5.75 Å². The molecule has 0 aromatic heterocycles. The molecule has 0 saturated heterocycles. The summed E-state index contributed by atoms with van der Waals surface area (Å²) in [5, 5.41) is 9.59. The molecule has 4 heteroatoms.